The Labute approximate surface area is 112 Å². The Morgan fingerprint density at radius 2 is 2.16 bits per heavy atom. The molecule has 1 aliphatic heterocycles. The highest BCUT2D eigenvalue weighted by Gasteiger charge is 2.24. The van der Waals surface area contributed by atoms with E-state index in [2.05, 4.69) is 5.32 Å². The third kappa shape index (κ3) is 3.02. The molecule has 100 valence electrons. The molecule has 4 heteroatoms. The van der Waals surface area contributed by atoms with Crippen molar-refractivity contribution in [3.63, 3.8) is 0 Å². The second kappa shape index (κ2) is 5.69. The number of fused-ring (bicyclic) bond motifs is 1. The predicted molar refractivity (Wildman–Crippen MR) is 72.5 cm³/mol. The molecule has 1 aliphatic rings. The molecule has 0 aliphatic carbocycles. The van der Waals surface area contributed by atoms with Gasteiger partial charge in [-0.2, -0.15) is 0 Å². The summed E-state index contributed by atoms with van der Waals surface area (Å²) in [4.78, 5) is 23.4. The van der Waals surface area contributed by atoms with Gasteiger partial charge in [0.2, 0.25) is 0 Å². The number of carbonyl (C=O) groups is 2. The van der Waals surface area contributed by atoms with Crippen molar-refractivity contribution in [2.24, 2.45) is 0 Å². The molecule has 4 nitrogen and oxygen atoms in total. The van der Waals surface area contributed by atoms with Gasteiger partial charge in [0, 0.05) is 17.2 Å². The summed E-state index contributed by atoms with van der Waals surface area (Å²) in [5.74, 6) is -0.594. The highest BCUT2D eigenvalue weighted by atomic mass is 16.5. The van der Waals surface area contributed by atoms with E-state index >= 15 is 0 Å². The van der Waals surface area contributed by atoms with Gasteiger partial charge < -0.3 is 10.1 Å². The Morgan fingerprint density at radius 1 is 1.37 bits per heavy atom. The van der Waals surface area contributed by atoms with Gasteiger partial charge in [0.05, 0.1) is 12.3 Å². The van der Waals surface area contributed by atoms with Crippen LogP contribution in [0.2, 0.25) is 0 Å². The number of amides is 1. The zero-order chi connectivity index (χ0) is 13.8. The third-order valence-electron chi connectivity index (χ3n) is 2.96. The fourth-order valence-corrected chi connectivity index (χ4v) is 1.93. The second-order valence-corrected chi connectivity index (χ2v) is 4.58. The predicted octanol–water partition coefficient (Wildman–Crippen LogP) is 2.42. The summed E-state index contributed by atoms with van der Waals surface area (Å²) in [5, 5.41) is 2.69. The van der Waals surface area contributed by atoms with Gasteiger partial charge >= 0.3 is 5.97 Å². The fraction of sp³-hybridized carbons (Fsp3) is 0.333. The van der Waals surface area contributed by atoms with E-state index in [1.807, 2.05) is 32.0 Å². The normalized spacial score (nSPS) is 15.3. The minimum absolute atomic E-state index is 0.175. The number of benzene rings is 1. The topological polar surface area (TPSA) is 55.4 Å². The first-order valence-corrected chi connectivity index (χ1v) is 6.42. The summed E-state index contributed by atoms with van der Waals surface area (Å²) in [6.07, 6.45) is 3.16. The van der Waals surface area contributed by atoms with E-state index in [9.17, 15) is 9.59 Å². The smallest absolute Gasteiger partial charge is 0.332 e. The number of esters is 1. The lowest BCUT2D eigenvalue weighted by Gasteiger charge is -2.02. The summed E-state index contributed by atoms with van der Waals surface area (Å²) >= 11 is 0. The van der Waals surface area contributed by atoms with Crippen LogP contribution < -0.4 is 5.32 Å². The zero-order valence-corrected chi connectivity index (χ0v) is 11.2. The number of rotatable bonds is 4. The van der Waals surface area contributed by atoms with Crippen LogP contribution in [0, 0.1) is 6.92 Å². The average molecular weight is 259 g/mol. The Hall–Kier alpha value is -2.10. The maximum Gasteiger partial charge on any atom is 0.332 e. The van der Waals surface area contributed by atoms with Crippen molar-refractivity contribution in [3.05, 3.63) is 41.0 Å². The average Bonchev–Trinajstić information content (AvgIpc) is 2.66. The fourth-order valence-electron chi connectivity index (χ4n) is 1.93. The minimum Gasteiger partial charge on any atom is -0.462 e. The van der Waals surface area contributed by atoms with Gasteiger partial charge in [-0.15, -0.1) is 0 Å². The van der Waals surface area contributed by atoms with Crippen LogP contribution in [0.1, 0.15) is 41.3 Å². The molecule has 1 amide bonds. The summed E-state index contributed by atoms with van der Waals surface area (Å²) < 4.78 is 5.05. The SMILES string of the molecule is CCCCOC(=O)/C=C1\NC(=O)c2cc(C)ccc21. The van der Waals surface area contributed by atoms with Gasteiger partial charge in [-0.1, -0.05) is 31.0 Å². The minimum atomic E-state index is -0.419. The maximum absolute atomic E-state index is 11.8. The Kier molecular flexibility index (Phi) is 4.00. The number of carbonyl (C=O) groups excluding carboxylic acids is 2. The van der Waals surface area contributed by atoms with Gasteiger partial charge in [0.15, 0.2) is 0 Å². The van der Waals surface area contributed by atoms with E-state index in [1.165, 1.54) is 6.08 Å². The molecule has 0 atom stereocenters. The number of nitrogens with one attached hydrogen (secondary N) is 1. The largest absolute Gasteiger partial charge is 0.462 e. The van der Waals surface area contributed by atoms with Crippen LogP contribution in [-0.2, 0) is 9.53 Å². The standard InChI is InChI=1S/C15H17NO3/c1-3-4-7-19-14(17)9-13-11-6-5-10(2)8-12(11)15(18)16-13/h5-6,8-9H,3-4,7H2,1-2H3,(H,16,18)/b13-9-. The van der Waals surface area contributed by atoms with E-state index in [0.29, 0.717) is 17.9 Å². The molecule has 0 unspecified atom stereocenters. The van der Waals surface area contributed by atoms with Crippen LogP contribution in [-0.4, -0.2) is 18.5 Å². The van der Waals surface area contributed by atoms with Crippen molar-refractivity contribution in [2.75, 3.05) is 6.61 Å². The van der Waals surface area contributed by atoms with Crippen molar-refractivity contribution in [2.45, 2.75) is 26.7 Å². The van der Waals surface area contributed by atoms with Gasteiger partial charge in [0.25, 0.3) is 5.91 Å². The molecule has 0 aromatic heterocycles. The molecule has 0 saturated carbocycles. The van der Waals surface area contributed by atoms with Crippen molar-refractivity contribution in [1.82, 2.24) is 5.32 Å². The van der Waals surface area contributed by atoms with Gasteiger partial charge in [-0.05, 0) is 19.4 Å². The highest BCUT2D eigenvalue weighted by Crippen LogP contribution is 2.25. The number of hydrogen-bond acceptors (Lipinski definition) is 3. The molecule has 0 spiro atoms. The molecule has 2 rings (SSSR count). The zero-order valence-electron chi connectivity index (χ0n) is 11.2. The number of aryl methyl sites for hydroxylation is 1. The molecule has 19 heavy (non-hydrogen) atoms. The maximum atomic E-state index is 11.8. The molecular formula is C15H17NO3. The lowest BCUT2D eigenvalue weighted by Crippen LogP contribution is -2.13. The lowest BCUT2D eigenvalue weighted by molar-refractivity contribution is -0.137. The molecule has 0 bridgehead atoms. The summed E-state index contributed by atoms with van der Waals surface area (Å²) in [6.45, 7) is 4.37. The van der Waals surface area contributed by atoms with Crippen LogP contribution in [0.4, 0.5) is 0 Å². The molecular weight excluding hydrogens is 242 g/mol. The highest BCUT2D eigenvalue weighted by molar-refractivity contribution is 6.11. The molecule has 1 N–H and O–H groups in total. The molecule has 0 radical (unpaired) electrons. The molecule has 1 heterocycles. The molecule has 1 aromatic carbocycles. The van der Waals surface area contributed by atoms with Crippen LogP contribution in [0.3, 0.4) is 0 Å². The van der Waals surface area contributed by atoms with Crippen LogP contribution in [0.15, 0.2) is 24.3 Å². The first-order valence-electron chi connectivity index (χ1n) is 6.42. The Morgan fingerprint density at radius 3 is 2.89 bits per heavy atom. The lowest BCUT2D eigenvalue weighted by atomic mass is 10.1. The second-order valence-electron chi connectivity index (χ2n) is 4.58. The van der Waals surface area contributed by atoms with Crippen LogP contribution in [0.25, 0.3) is 5.70 Å². The van der Waals surface area contributed by atoms with Crippen molar-refractivity contribution >= 4 is 17.6 Å². The van der Waals surface area contributed by atoms with Gasteiger partial charge in [-0.3, -0.25) is 4.79 Å². The number of hydrogen-bond donors (Lipinski definition) is 1. The van der Waals surface area contributed by atoms with E-state index in [4.69, 9.17) is 4.74 Å². The van der Waals surface area contributed by atoms with Gasteiger partial charge in [-0.25, -0.2) is 4.79 Å². The third-order valence-corrected chi connectivity index (χ3v) is 2.96. The first kappa shape index (κ1) is 13.3. The number of unbranched alkanes of at least 4 members (excludes halogenated alkanes) is 1. The number of ether oxygens (including phenoxy) is 1. The quantitative estimate of drug-likeness (QED) is 0.513. The van der Waals surface area contributed by atoms with Crippen molar-refractivity contribution in [3.8, 4) is 0 Å². The monoisotopic (exact) mass is 259 g/mol. The van der Waals surface area contributed by atoms with E-state index in [-0.39, 0.29) is 5.91 Å². The molecule has 0 saturated heterocycles. The van der Waals surface area contributed by atoms with Crippen LogP contribution in [0.5, 0.6) is 0 Å². The van der Waals surface area contributed by atoms with E-state index in [1.54, 1.807) is 0 Å². The van der Waals surface area contributed by atoms with Crippen LogP contribution >= 0.6 is 0 Å². The van der Waals surface area contributed by atoms with Crippen molar-refractivity contribution < 1.29 is 14.3 Å². The molecule has 0 fully saturated rings. The Balaban J connectivity index is 2.16. The summed E-state index contributed by atoms with van der Waals surface area (Å²) in [7, 11) is 0. The Bertz CT molecular complexity index is 546. The summed E-state index contributed by atoms with van der Waals surface area (Å²) in [6, 6.07) is 5.57. The molecule has 1 aromatic rings. The first-order chi connectivity index (χ1) is 9.11. The van der Waals surface area contributed by atoms with E-state index < -0.39 is 5.97 Å². The summed E-state index contributed by atoms with van der Waals surface area (Å²) in [5.41, 5.74) is 2.89. The van der Waals surface area contributed by atoms with Crippen molar-refractivity contribution in [1.29, 1.82) is 0 Å². The van der Waals surface area contributed by atoms with E-state index in [0.717, 1.165) is 24.0 Å². The van der Waals surface area contributed by atoms with Gasteiger partial charge in [0.1, 0.15) is 0 Å².